The van der Waals surface area contributed by atoms with Gasteiger partial charge in [0.05, 0.1) is 18.8 Å². The number of hydrogen-bond acceptors (Lipinski definition) is 6. The summed E-state index contributed by atoms with van der Waals surface area (Å²) < 4.78 is 5.98. The van der Waals surface area contributed by atoms with Crippen molar-refractivity contribution in [3.8, 4) is 0 Å². The van der Waals surface area contributed by atoms with Crippen molar-refractivity contribution in [2.45, 2.75) is 39.7 Å². The molecule has 0 saturated carbocycles. The normalized spacial score (nSPS) is 16.5. The van der Waals surface area contributed by atoms with Crippen molar-refractivity contribution in [3.05, 3.63) is 64.9 Å². The number of amides is 1. The number of nitrogens with one attached hydrogen (secondary N) is 2. The molecule has 0 spiro atoms. The Kier molecular flexibility index (Phi) is 5.99. The molecular weight excluding hydrogens is 392 g/mol. The predicted molar refractivity (Wildman–Crippen MR) is 119 cm³/mol. The van der Waals surface area contributed by atoms with Crippen LogP contribution in [-0.2, 0) is 4.74 Å². The first-order chi connectivity index (χ1) is 14.9. The maximum Gasteiger partial charge on any atom is 0.274 e. The van der Waals surface area contributed by atoms with Gasteiger partial charge in [0.1, 0.15) is 17.6 Å². The molecule has 0 unspecified atom stereocenters. The SMILES string of the molecule is Cc1cc(Nc2ncccc2C)cc([C@H]2CN(C(=O)c3cc(C(C)C)[nH]n3)CCO2)n1. The molecule has 4 heterocycles. The van der Waals surface area contributed by atoms with E-state index in [0.29, 0.717) is 25.4 Å². The van der Waals surface area contributed by atoms with Gasteiger partial charge in [0.25, 0.3) is 5.91 Å². The first-order valence-corrected chi connectivity index (χ1v) is 10.5. The highest BCUT2D eigenvalue weighted by molar-refractivity contribution is 5.92. The Hall–Kier alpha value is -3.26. The number of aromatic amines is 1. The molecule has 1 atom stereocenters. The monoisotopic (exact) mass is 420 g/mol. The highest BCUT2D eigenvalue weighted by Gasteiger charge is 2.28. The number of aryl methyl sites for hydroxylation is 2. The molecule has 3 aromatic rings. The van der Waals surface area contributed by atoms with Crippen molar-refractivity contribution < 1.29 is 9.53 Å². The molecule has 0 aliphatic carbocycles. The third kappa shape index (κ3) is 4.74. The molecule has 162 valence electrons. The molecule has 0 radical (unpaired) electrons. The minimum absolute atomic E-state index is 0.0911. The lowest BCUT2D eigenvalue weighted by molar-refractivity contribution is -0.0249. The van der Waals surface area contributed by atoms with E-state index in [1.807, 2.05) is 44.2 Å². The number of carbonyl (C=O) groups excluding carboxylic acids is 1. The number of hydrogen-bond donors (Lipinski definition) is 2. The number of nitrogens with zero attached hydrogens (tertiary/aromatic N) is 4. The first kappa shape index (κ1) is 21.0. The van der Waals surface area contributed by atoms with Gasteiger partial charge in [0, 0.05) is 29.8 Å². The number of pyridine rings is 2. The van der Waals surface area contributed by atoms with Crippen LogP contribution < -0.4 is 5.32 Å². The van der Waals surface area contributed by atoms with Crippen molar-refractivity contribution in [2.24, 2.45) is 0 Å². The molecule has 8 heteroatoms. The summed E-state index contributed by atoms with van der Waals surface area (Å²) >= 11 is 0. The van der Waals surface area contributed by atoms with Crippen molar-refractivity contribution in [1.29, 1.82) is 0 Å². The fourth-order valence-electron chi connectivity index (χ4n) is 3.60. The Labute approximate surface area is 182 Å². The summed E-state index contributed by atoms with van der Waals surface area (Å²) in [5, 5.41) is 10.5. The van der Waals surface area contributed by atoms with Crippen LogP contribution in [0.4, 0.5) is 11.5 Å². The number of aromatic nitrogens is 4. The molecule has 4 rings (SSSR count). The van der Waals surface area contributed by atoms with E-state index in [-0.39, 0.29) is 17.9 Å². The smallest absolute Gasteiger partial charge is 0.274 e. The van der Waals surface area contributed by atoms with Gasteiger partial charge < -0.3 is 15.0 Å². The Bertz CT molecular complexity index is 1080. The van der Waals surface area contributed by atoms with Gasteiger partial charge in [0.15, 0.2) is 0 Å². The zero-order chi connectivity index (χ0) is 22.0. The maximum atomic E-state index is 13.0. The van der Waals surface area contributed by atoms with E-state index in [0.717, 1.165) is 34.2 Å². The molecule has 1 amide bonds. The Morgan fingerprint density at radius 2 is 2.13 bits per heavy atom. The molecular formula is C23H28N6O2. The number of rotatable bonds is 5. The first-order valence-electron chi connectivity index (χ1n) is 10.5. The van der Waals surface area contributed by atoms with Crippen molar-refractivity contribution in [1.82, 2.24) is 25.1 Å². The topological polar surface area (TPSA) is 96.0 Å². The van der Waals surface area contributed by atoms with E-state index in [1.54, 1.807) is 11.1 Å². The molecule has 31 heavy (non-hydrogen) atoms. The van der Waals surface area contributed by atoms with E-state index in [2.05, 4.69) is 39.3 Å². The predicted octanol–water partition coefficient (Wildman–Crippen LogP) is 3.90. The van der Waals surface area contributed by atoms with Crippen LogP contribution in [0.3, 0.4) is 0 Å². The molecule has 1 fully saturated rings. The van der Waals surface area contributed by atoms with E-state index >= 15 is 0 Å². The summed E-state index contributed by atoms with van der Waals surface area (Å²) in [7, 11) is 0. The van der Waals surface area contributed by atoms with Crippen molar-refractivity contribution in [2.75, 3.05) is 25.0 Å². The molecule has 8 nitrogen and oxygen atoms in total. The molecule has 2 N–H and O–H groups in total. The second-order valence-corrected chi connectivity index (χ2v) is 8.19. The summed E-state index contributed by atoms with van der Waals surface area (Å²) in [5.41, 5.74) is 5.01. The van der Waals surface area contributed by atoms with Gasteiger partial charge in [-0.05, 0) is 49.6 Å². The Morgan fingerprint density at radius 3 is 2.87 bits per heavy atom. The average molecular weight is 421 g/mol. The van der Waals surface area contributed by atoms with E-state index in [1.165, 1.54) is 0 Å². The van der Waals surface area contributed by atoms with Crippen LogP contribution in [0.25, 0.3) is 0 Å². The summed E-state index contributed by atoms with van der Waals surface area (Å²) in [6.45, 7) is 9.50. The highest BCUT2D eigenvalue weighted by atomic mass is 16.5. The lowest BCUT2D eigenvalue weighted by atomic mass is 10.1. The zero-order valence-corrected chi connectivity index (χ0v) is 18.3. The van der Waals surface area contributed by atoms with E-state index in [4.69, 9.17) is 4.74 Å². The van der Waals surface area contributed by atoms with Crippen LogP contribution in [0.15, 0.2) is 36.5 Å². The van der Waals surface area contributed by atoms with Crippen LogP contribution in [0.5, 0.6) is 0 Å². The van der Waals surface area contributed by atoms with Crippen LogP contribution in [0.2, 0.25) is 0 Å². The van der Waals surface area contributed by atoms with Gasteiger partial charge >= 0.3 is 0 Å². The molecule has 0 aromatic carbocycles. The van der Waals surface area contributed by atoms with Crippen molar-refractivity contribution in [3.63, 3.8) is 0 Å². The number of ether oxygens (including phenoxy) is 1. The number of H-pyrrole nitrogens is 1. The van der Waals surface area contributed by atoms with Gasteiger partial charge in [0.2, 0.25) is 0 Å². The van der Waals surface area contributed by atoms with Gasteiger partial charge in [-0.3, -0.25) is 14.9 Å². The lowest BCUT2D eigenvalue weighted by Gasteiger charge is -2.32. The molecule has 1 saturated heterocycles. The summed E-state index contributed by atoms with van der Waals surface area (Å²) in [5.74, 6) is 1.00. The molecule has 1 aliphatic rings. The highest BCUT2D eigenvalue weighted by Crippen LogP contribution is 2.26. The van der Waals surface area contributed by atoms with E-state index < -0.39 is 0 Å². The minimum atomic E-state index is -0.300. The van der Waals surface area contributed by atoms with Gasteiger partial charge in [-0.2, -0.15) is 5.10 Å². The van der Waals surface area contributed by atoms with Crippen molar-refractivity contribution >= 4 is 17.4 Å². The van der Waals surface area contributed by atoms with E-state index in [9.17, 15) is 4.79 Å². The van der Waals surface area contributed by atoms with Crippen LogP contribution in [-0.4, -0.2) is 50.7 Å². The zero-order valence-electron chi connectivity index (χ0n) is 18.3. The fourth-order valence-corrected chi connectivity index (χ4v) is 3.60. The van der Waals surface area contributed by atoms with Gasteiger partial charge in [-0.15, -0.1) is 0 Å². The summed E-state index contributed by atoms with van der Waals surface area (Å²) in [6, 6.07) is 9.69. The third-order valence-corrected chi connectivity index (χ3v) is 5.37. The maximum absolute atomic E-state index is 13.0. The second kappa shape index (κ2) is 8.85. The largest absolute Gasteiger partial charge is 0.368 e. The fraction of sp³-hybridized carbons (Fsp3) is 0.391. The number of anilines is 2. The Morgan fingerprint density at radius 1 is 1.29 bits per heavy atom. The second-order valence-electron chi connectivity index (χ2n) is 8.19. The van der Waals surface area contributed by atoms with Crippen LogP contribution in [0.1, 0.15) is 59.0 Å². The molecule has 1 aliphatic heterocycles. The Balaban J connectivity index is 1.52. The number of carbonyl (C=O) groups is 1. The average Bonchev–Trinajstić information content (AvgIpc) is 3.25. The standard InChI is InChI=1S/C23H28N6O2/c1-14(2)18-12-20(28-27-18)23(30)29-8-9-31-21(13-29)19-11-17(10-16(4)25-19)26-22-15(3)6-5-7-24-22/h5-7,10-12,14,21H,8-9,13H2,1-4H3,(H,27,28)(H,24,25,26)/t21-/m1/s1. The number of morpholine rings is 1. The van der Waals surface area contributed by atoms with Gasteiger partial charge in [-0.25, -0.2) is 4.98 Å². The van der Waals surface area contributed by atoms with Gasteiger partial charge in [-0.1, -0.05) is 19.9 Å². The minimum Gasteiger partial charge on any atom is -0.368 e. The van der Waals surface area contributed by atoms with Crippen LogP contribution in [0, 0.1) is 13.8 Å². The lowest BCUT2D eigenvalue weighted by Crippen LogP contribution is -2.42. The van der Waals surface area contributed by atoms with Crippen LogP contribution >= 0.6 is 0 Å². The third-order valence-electron chi connectivity index (χ3n) is 5.37. The summed E-state index contributed by atoms with van der Waals surface area (Å²) in [4.78, 5) is 23.8. The molecule has 3 aromatic heterocycles. The quantitative estimate of drug-likeness (QED) is 0.650. The summed E-state index contributed by atoms with van der Waals surface area (Å²) in [6.07, 6.45) is 1.46. The molecule has 0 bridgehead atoms.